The highest BCUT2D eigenvalue weighted by Crippen LogP contribution is 1.53. The van der Waals surface area contributed by atoms with Gasteiger partial charge >= 0.3 is 0 Å². The lowest BCUT2D eigenvalue weighted by Crippen LogP contribution is -1.70. The first-order chi connectivity index (χ1) is 3.65. The molecule has 50 valence electrons. The minimum Gasteiger partial charge on any atom is -0.303 e. The van der Waals surface area contributed by atoms with Crippen molar-refractivity contribution in [3.63, 3.8) is 0 Å². The summed E-state index contributed by atoms with van der Waals surface area (Å²) in [5, 5.41) is 0. The highest BCUT2D eigenvalue weighted by molar-refractivity contribution is 7.83. The van der Waals surface area contributed by atoms with Crippen LogP contribution in [0.4, 0.5) is 0 Å². The lowest BCUT2D eigenvalue weighted by Gasteiger charge is -1.60. The van der Waals surface area contributed by atoms with E-state index in [4.69, 9.17) is 0 Å². The summed E-state index contributed by atoms with van der Waals surface area (Å²) in [4.78, 5) is 9.17. The maximum atomic E-state index is 9.56. The van der Waals surface area contributed by atoms with E-state index < -0.39 is 10.8 Å². The third-order valence-electron chi connectivity index (χ3n) is 0.167. The normalized spacial score (nSPS) is 7.50. The SMILES string of the molecule is CCC=O.CS(C)=O. The largest absolute Gasteiger partial charge is 0.303 e. The average molecular weight is 136 g/mol. The van der Waals surface area contributed by atoms with Crippen molar-refractivity contribution in [3.05, 3.63) is 0 Å². The minimum absolute atomic E-state index is 0.611. The molecule has 0 unspecified atom stereocenters. The Morgan fingerprint density at radius 1 is 1.50 bits per heavy atom. The number of rotatable bonds is 1. The van der Waals surface area contributed by atoms with Gasteiger partial charge in [-0.15, -0.1) is 0 Å². The van der Waals surface area contributed by atoms with Crippen molar-refractivity contribution in [3.8, 4) is 0 Å². The van der Waals surface area contributed by atoms with Crippen molar-refractivity contribution in [1.29, 1.82) is 0 Å². The number of carbonyl (C=O) groups excluding carboxylic acids is 1. The molecule has 0 heterocycles. The standard InChI is InChI=1S/C3H6O.C2H6OS/c1-2-3-4;1-4(2)3/h3H,2H2,1H3;1-2H3. The fourth-order valence-electron chi connectivity index (χ4n) is 0. The highest BCUT2D eigenvalue weighted by Gasteiger charge is 1.57. The number of hydrogen-bond donors (Lipinski definition) is 0. The van der Waals surface area contributed by atoms with Crippen molar-refractivity contribution in [2.45, 2.75) is 13.3 Å². The number of carbonyl (C=O) groups is 1. The smallest absolute Gasteiger partial charge is 0.119 e. The topological polar surface area (TPSA) is 34.1 Å². The van der Waals surface area contributed by atoms with E-state index in [9.17, 15) is 9.00 Å². The molecule has 0 bridgehead atoms. The summed E-state index contributed by atoms with van der Waals surface area (Å²) in [6.45, 7) is 1.81. The molecule has 2 nitrogen and oxygen atoms in total. The summed E-state index contributed by atoms with van der Waals surface area (Å²) in [6.07, 6.45) is 4.79. The maximum Gasteiger partial charge on any atom is 0.119 e. The first-order valence-electron chi connectivity index (χ1n) is 2.33. The second-order valence-corrected chi connectivity index (χ2v) is 2.80. The lowest BCUT2D eigenvalue weighted by molar-refractivity contribution is -0.107. The zero-order chi connectivity index (χ0) is 6.99. The van der Waals surface area contributed by atoms with Gasteiger partial charge in [-0.3, -0.25) is 4.21 Å². The van der Waals surface area contributed by atoms with Crippen LogP contribution in [0.2, 0.25) is 0 Å². The van der Waals surface area contributed by atoms with Crippen LogP contribution in [0.1, 0.15) is 13.3 Å². The lowest BCUT2D eigenvalue weighted by atomic mass is 10.6. The molecule has 0 radical (unpaired) electrons. The van der Waals surface area contributed by atoms with Crippen LogP contribution in [0.3, 0.4) is 0 Å². The van der Waals surface area contributed by atoms with Gasteiger partial charge in [0.25, 0.3) is 0 Å². The second-order valence-electron chi connectivity index (χ2n) is 1.32. The van der Waals surface area contributed by atoms with Crippen LogP contribution in [0, 0.1) is 0 Å². The molecule has 0 spiro atoms. The summed E-state index contributed by atoms with van der Waals surface area (Å²) in [7, 11) is -0.611. The zero-order valence-corrected chi connectivity index (χ0v) is 6.33. The predicted octanol–water partition coefficient (Wildman–Crippen LogP) is 0.590. The van der Waals surface area contributed by atoms with Gasteiger partial charge < -0.3 is 4.79 Å². The fourth-order valence-corrected chi connectivity index (χ4v) is 0. The van der Waals surface area contributed by atoms with Crippen LogP contribution in [-0.2, 0) is 15.6 Å². The van der Waals surface area contributed by atoms with E-state index in [1.165, 1.54) is 0 Å². The van der Waals surface area contributed by atoms with Gasteiger partial charge in [-0.1, -0.05) is 6.92 Å². The Morgan fingerprint density at radius 3 is 1.62 bits per heavy atom. The van der Waals surface area contributed by atoms with E-state index in [2.05, 4.69) is 0 Å². The molecule has 0 aromatic heterocycles. The van der Waals surface area contributed by atoms with E-state index in [0.29, 0.717) is 6.42 Å². The third kappa shape index (κ3) is 201. The number of hydrogen-bond acceptors (Lipinski definition) is 2. The van der Waals surface area contributed by atoms with Crippen molar-refractivity contribution in [2.75, 3.05) is 12.5 Å². The molecule has 8 heavy (non-hydrogen) atoms. The van der Waals surface area contributed by atoms with E-state index in [1.54, 1.807) is 12.5 Å². The zero-order valence-electron chi connectivity index (χ0n) is 5.51. The number of aldehydes is 1. The molecule has 0 aliphatic carbocycles. The molecule has 0 N–H and O–H groups in total. The molecular formula is C5H12O2S. The van der Waals surface area contributed by atoms with Gasteiger partial charge in [0.15, 0.2) is 0 Å². The van der Waals surface area contributed by atoms with Crippen molar-refractivity contribution in [1.82, 2.24) is 0 Å². The van der Waals surface area contributed by atoms with E-state index in [1.807, 2.05) is 6.92 Å². The maximum absolute atomic E-state index is 9.56. The van der Waals surface area contributed by atoms with Crippen LogP contribution in [0.25, 0.3) is 0 Å². The highest BCUT2D eigenvalue weighted by atomic mass is 32.2. The molecule has 0 fully saturated rings. The monoisotopic (exact) mass is 136 g/mol. The predicted molar refractivity (Wildman–Crippen MR) is 36.3 cm³/mol. The van der Waals surface area contributed by atoms with E-state index in [0.717, 1.165) is 6.29 Å². The second kappa shape index (κ2) is 9.94. The Labute approximate surface area is 52.7 Å². The Kier molecular flexibility index (Phi) is 13.3. The summed E-state index contributed by atoms with van der Waals surface area (Å²) in [6, 6.07) is 0. The Bertz CT molecular complexity index is 66.8. The van der Waals surface area contributed by atoms with Crippen LogP contribution in [0.15, 0.2) is 0 Å². The molecule has 3 heteroatoms. The third-order valence-corrected chi connectivity index (χ3v) is 0.167. The quantitative estimate of drug-likeness (QED) is 0.494. The average Bonchev–Trinajstić information content (AvgIpc) is 1.65. The molecule has 0 aliphatic heterocycles. The summed E-state index contributed by atoms with van der Waals surface area (Å²) in [5.74, 6) is 0. The van der Waals surface area contributed by atoms with Gasteiger partial charge in [0, 0.05) is 29.7 Å². The fraction of sp³-hybridized carbons (Fsp3) is 0.800. The Balaban J connectivity index is 0. The molecular weight excluding hydrogens is 124 g/mol. The van der Waals surface area contributed by atoms with Gasteiger partial charge in [0.05, 0.1) is 0 Å². The summed E-state index contributed by atoms with van der Waals surface area (Å²) < 4.78 is 9.56. The minimum atomic E-state index is -0.611. The molecule has 0 aromatic carbocycles. The van der Waals surface area contributed by atoms with Crippen LogP contribution >= 0.6 is 0 Å². The van der Waals surface area contributed by atoms with Gasteiger partial charge in [-0.2, -0.15) is 0 Å². The van der Waals surface area contributed by atoms with Gasteiger partial charge in [0.1, 0.15) is 6.29 Å². The Hall–Kier alpha value is -0.180. The van der Waals surface area contributed by atoms with Gasteiger partial charge in [0.2, 0.25) is 0 Å². The molecule has 0 atom stereocenters. The van der Waals surface area contributed by atoms with Crippen LogP contribution in [-0.4, -0.2) is 23.0 Å². The molecule has 0 saturated carbocycles. The van der Waals surface area contributed by atoms with E-state index in [-0.39, 0.29) is 0 Å². The molecule has 0 saturated heterocycles. The van der Waals surface area contributed by atoms with Crippen LogP contribution < -0.4 is 0 Å². The molecule has 0 aliphatic rings. The van der Waals surface area contributed by atoms with Crippen LogP contribution in [0.5, 0.6) is 0 Å². The molecule has 0 rings (SSSR count). The van der Waals surface area contributed by atoms with Gasteiger partial charge in [-0.05, 0) is 0 Å². The van der Waals surface area contributed by atoms with E-state index >= 15 is 0 Å². The summed E-state index contributed by atoms with van der Waals surface area (Å²) in [5.41, 5.74) is 0. The van der Waals surface area contributed by atoms with Crippen molar-refractivity contribution in [2.24, 2.45) is 0 Å². The molecule has 0 aromatic rings. The summed E-state index contributed by atoms with van der Waals surface area (Å²) >= 11 is 0. The molecule has 0 amide bonds. The first kappa shape index (κ1) is 10.7. The van der Waals surface area contributed by atoms with Crippen molar-refractivity contribution >= 4 is 17.1 Å². The van der Waals surface area contributed by atoms with Crippen molar-refractivity contribution < 1.29 is 9.00 Å². The first-order valence-corrected chi connectivity index (χ1v) is 4.30. The Morgan fingerprint density at radius 2 is 1.62 bits per heavy atom. The van der Waals surface area contributed by atoms with Gasteiger partial charge in [-0.25, -0.2) is 0 Å².